The molecule has 0 aliphatic rings. The first-order valence-electron chi connectivity index (χ1n) is 5.09. The third-order valence-corrected chi connectivity index (χ3v) is 2.42. The molecule has 1 unspecified atom stereocenters. The Balaban J connectivity index is 2.94. The summed E-state index contributed by atoms with van der Waals surface area (Å²) in [5.41, 5.74) is 6.66. The molecule has 0 aliphatic heterocycles. The van der Waals surface area contributed by atoms with Gasteiger partial charge in [-0.2, -0.15) is 0 Å². The fourth-order valence-electron chi connectivity index (χ4n) is 1.44. The van der Waals surface area contributed by atoms with Crippen LogP contribution in [0.15, 0.2) is 23.4 Å². The van der Waals surface area contributed by atoms with Gasteiger partial charge in [0.05, 0.1) is 11.7 Å². The van der Waals surface area contributed by atoms with Gasteiger partial charge in [-0.3, -0.25) is 0 Å². The first-order chi connectivity index (χ1) is 7.60. The maximum absolute atomic E-state index is 13.5. The Kier molecular flexibility index (Phi) is 4.10. The zero-order valence-corrected chi connectivity index (χ0v) is 9.37. The lowest BCUT2D eigenvalue weighted by Crippen LogP contribution is -2.35. The van der Waals surface area contributed by atoms with E-state index >= 15 is 0 Å². The third-order valence-electron chi connectivity index (χ3n) is 2.42. The average Bonchev–Trinajstić information content (AvgIpc) is 2.28. The SMILES string of the molecule is CCC(Nc1c(C)cccc1F)/C(N)=N/O. The summed E-state index contributed by atoms with van der Waals surface area (Å²) in [6, 6.07) is 4.43. The molecule has 0 spiro atoms. The van der Waals surface area contributed by atoms with E-state index in [1.54, 1.807) is 19.1 Å². The van der Waals surface area contributed by atoms with Crippen molar-refractivity contribution in [3.8, 4) is 0 Å². The van der Waals surface area contributed by atoms with Gasteiger partial charge in [0.15, 0.2) is 5.84 Å². The molecule has 0 radical (unpaired) electrons. The maximum Gasteiger partial charge on any atom is 0.161 e. The number of para-hydroxylation sites is 1. The molecule has 88 valence electrons. The van der Waals surface area contributed by atoms with Gasteiger partial charge in [0.2, 0.25) is 0 Å². The smallest absolute Gasteiger partial charge is 0.161 e. The molecule has 0 bridgehead atoms. The Morgan fingerprint density at radius 2 is 2.31 bits per heavy atom. The summed E-state index contributed by atoms with van der Waals surface area (Å²) in [5.74, 6) is -0.297. The number of nitrogens with two attached hydrogens (primary N) is 1. The molecule has 0 aromatic heterocycles. The van der Waals surface area contributed by atoms with Crippen LogP contribution in [0.1, 0.15) is 18.9 Å². The molecule has 5 heteroatoms. The molecule has 1 aromatic carbocycles. The van der Waals surface area contributed by atoms with Crippen molar-refractivity contribution >= 4 is 11.5 Å². The number of nitrogens with zero attached hydrogens (tertiary/aromatic N) is 1. The number of aryl methyl sites for hydroxylation is 1. The maximum atomic E-state index is 13.5. The standard InChI is InChI=1S/C11H16FN3O/c1-3-9(11(13)15-16)14-10-7(2)5-4-6-8(10)12/h4-6,9,14,16H,3H2,1-2H3,(H2,13,15). The third kappa shape index (κ3) is 2.62. The Bertz CT molecular complexity index is 373. The first-order valence-corrected chi connectivity index (χ1v) is 5.09. The van der Waals surface area contributed by atoms with Crippen LogP contribution < -0.4 is 11.1 Å². The Morgan fingerprint density at radius 3 is 2.81 bits per heavy atom. The number of anilines is 1. The van der Waals surface area contributed by atoms with Crippen LogP contribution >= 0.6 is 0 Å². The van der Waals surface area contributed by atoms with Crippen LogP contribution in [0.3, 0.4) is 0 Å². The highest BCUT2D eigenvalue weighted by molar-refractivity contribution is 5.88. The molecule has 0 aliphatic carbocycles. The molecule has 0 amide bonds. The van der Waals surface area contributed by atoms with Crippen molar-refractivity contribution in [2.24, 2.45) is 10.9 Å². The van der Waals surface area contributed by atoms with Gasteiger partial charge < -0.3 is 16.3 Å². The van der Waals surface area contributed by atoms with Gasteiger partial charge in [0.1, 0.15) is 5.82 Å². The Hall–Kier alpha value is -1.78. The Labute approximate surface area is 94.0 Å². The molecular formula is C11H16FN3O. The van der Waals surface area contributed by atoms with Crippen LogP contribution in [-0.4, -0.2) is 17.1 Å². The predicted octanol–water partition coefficient (Wildman–Crippen LogP) is 2.07. The van der Waals surface area contributed by atoms with Crippen molar-refractivity contribution in [1.82, 2.24) is 0 Å². The van der Waals surface area contributed by atoms with Crippen LogP contribution in [0.4, 0.5) is 10.1 Å². The van der Waals surface area contributed by atoms with Crippen molar-refractivity contribution in [3.05, 3.63) is 29.6 Å². The largest absolute Gasteiger partial charge is 0.409 e. The number of nitrogens with one attached hydrogen (secondary N) is 1. The second-order valence-corrected chi connectivity index (χ2v) is 3.56. The van der Waals surface area contributed by atoms with Crippen LogP contribution in [0.2, 0.25) is 0 Å². The van der Waals surface area contributed by atoms with Gasteiger partial charge in [-0.05, 0) is 25.0 Å². The summed E-state index contributed by atoms with van der Waals surface area (Å²) in [4.78, 5) is 0. The van der Waals surface area contributed by atoms with Crippen LogP contribution in [0.5, 0.6) is 0 Å². The minimum Gasteiger partial charge on any atom is -0.409 e. The van der Waals surface area contributed by atoms with E-state index in [0.717, 1.165) is 5.56 Å². The highest BCUT2D eigenvalue weighted by Crippen LogP contribution is 2.20. The van der Waals surface area contributed by atoms with Crippen molar-refractivity contribution in [3.63, 3.8) is 0 Å². The van der Waals surface area contributed by atoms with Gasteiger partial charge in [-0.25, -0.2) is 4.39 Å². The lowest BCUT2D eigenvalue weighted by atomic mass is 10.1. The summed E-state index contributed by atoms with van der Waals surface area (Å²) in [7, 11) is 0. The van der Waals surface area contributed by atoms with Crippen molar-refractivity contribution in [2.45, 2.75) is 26.3 Å². The van der Waals surface area contributed by atoms with E-state index in [1.807, 2.05) is 6.92 Å². The molecule has 1 rings (SSSR count). The zero-order chi connectivity index (χ0) is 12.1. The molecule has 0 heterocycles. The van der Waals surface area contributed by atoms with E-state index in [9.17, 15) is 4.39 Å². The monoisotopic (exact) mass is 225 g/mol. The summed E-state index contributed by atoms with van der Waals surface area (Å²) >= 11 is 0. The normalized spacial score (nSPS) is 13.6. The second kappa shape index (κ2) is 5.34. The van der Waals surface area contributed by atoms with E-state index in [1.165, 1.54) is 6.07 Å². The number of halogens is 1. The number of hydrogen-bond acceptors (Lipinski definition) is 3. The quantitative estimate of drug-likeness (QED) is 0.318. The molecular weight excluding hydrogens is 209 g/mol. The number of amidine groups is 1. The number of oxime groups is 1. The zero-order valence-electron chi connectivity index (χ0n) is 9.37. The molecule has 0 fully saturated rings. The van der Waals surface area contributed by atoms with Crippen LogP contribution in [-0.2, 0) is 0 Å². The van der Waals surface area contributed by atoms with Crippen LogP contribution in [0, 0.1) is 12.7 Å². The highest BCUT2D eigenvalue weighted by Gasteiger charge is 2.14. The average molecular weight is 225 g/mol. The minimum absolute atomic E-state index is 0.0464. The predicted molar refractivity (Wildman–Crippen MR) is 62.2 cm³/mol. The lowest BCUT2D eigenvalue weighted by molar-refractivity contribution is 0.316. The number of hydrogen-bond donors (Lipinski definition) is 3. The van der Waals surface area contributed by atoms with Gasteiger partial charge in [0, 0.05) is 0 Å². The fourth-order valence-corrected chi connectivity index (χ4v) is 1.44. The Morgan fingerprint density at radius 1 is 1.62 bits per heavy atom. The van der Waals surface area contributed by atoms with Gasteiger partial charge >= 0.3 is 0 Å². The topological polar surface area (TPSA) is 70.6 Å². The summed E-state index contributed by atoms with van der Waals surface area (Å²) in [6.07, 6.45) is 0.601. The molecule has 1 aromatic rings. The number of rotatable bonds is 4. The van der Waals surface area contributed by atoms with E-state index < -0.39 is 0 Å². The highest BCUT2D eigenvalue weighted by atomic mass is 19.1. The fraction of sp³-hybridized carbons (Fsp3) is 0.364. The van der Waals surface area contributed by atoms with Gasteiger partial charge in [0.25, 0.3) is 0 Å². The second-order valence-electron chi connectivity index (χ2n) is 3.56. The lowest BCUT2D eigenvalue weighted by Gasteiger charge is -2.18. The minimum atomic E-state index is -0.374. The molecule has 4 nitrogen and oxygen atoms in total. The molecule has 0 saturated carbocycles. The first kappa shape index (κ1) is 12.3. The van der Waals surface area contributed by atoms with Crippen molar-refractivity contribution in [1.29, 1.82) is 0 Å². The van der Waals surface area contributed by atoms with Crippen molar-refractivity contribution in [2.75, 3.05) is 5.32 Å². The van der Waals surface area contributed by atoms with Crippen molar-refractivity contribution < 1.29 is 9.60 Å². The van der Waals surface area contributed by atoms with E-state index in [4.69, 9.17) is 10.9 Å². The van der Waals surface area contributed by atoms with Crippen LogP contribution in [0.25, 0.3) is 0 Å². The van der Waals surface area contributed by atoms with E-state index in [2.05, 4.69) is 10.5 Å². The summed E-state index contributed by atoms with van der Waals surface area (Å²) in [6.45, 7) is 3.66. The molecule has 1 atom stereocenters. The molecule has 0 saturated heterocycles. The molecule has 16 heavy (non-hydrogen) atoms. The van der Waals surface area contributed by atoms with Gasteiger partial charge in [-0.15, -0.1) is 0 Å². The van der Waals surface area contributed by atoms with E-state index in [0.29, 0.717) is 12.1 Å². The van der Waals surface area contributed by atoms with Gasteiger partial charge in [-0.1, -0.05) is 24.2 Å². The number of benzene rings is 1. The molecule has 4 N–H and O–H groups in total. The summed E-state index contributed by atoms with van der Waals surface area (Å²) in [5, 5.41) is 14.4. The van der Waals surface area contributed by atoms with E-state index in [-0.39, 0.29) is 17.7 Å². The summed E-state index contributed by atoms with van der Waals surface area (Å²) < 4.78 is 13.5.